The Labute approximate surface area is 217 Å². The van der Waals surface area contributed by atoms with Crippen LogP contribution in [0.3, 0.4) is 0 Å². The molecule has 3 aliphatic heterocycles. The summed E-state index contributed by atoms with van der Waals surface area (Å²) in [5.41, 5.74) is -1.20. The standard InChI is InChI=1S/C29H37N3O5/c1-18-17-29-23(22(25(34)30-3)28(18,2)37-29)27(36)32(14-8-4-5-9-15-33)24(29)26(35)31-21-13-12-19-10-6-7-11-20(19)16-21/h6-7,10-13,16,18,22-24,33H,4-5,8-9,14-15,17H2,1-3H3,(H,30,34)(H,31,35)/t18?,22-,23+,24?,28+,29?/m1/s1. The van der Waals surface area contributed by atoms with Crippen molar-refractivity contribution < 1.29 is 24.2 Å². The molecule has 8 nitrogen and oxygen atoms in total. The Morgan fingerprint density at radius 2 is 1.81 bits per heavy atom. The van der Waals surface area contributed by atoms with Gasteiger partial charge in [-0.05, 0) is 55.0 Å². The summed E-state index contributed by atoms with van der Waals surface area (Å²) in [5.74, 6) is -2.00. The molecular formula is C29H37N3O5. The molecule has 0 radical (unpaired) electrons. The van der Waals surface area contributed by atoms with Gasteiger partial charge in [-0.2, -0.15) is 0 Å². The van der Waals surface area contributed by atoms with E-state index in [0.717, 1.165) is 23.6 Å². The van der Waals surface area contributed by atoms with Crippen LogP contribution >= 0.6 is 0 Å². The van der Waals surface area contributed by atoms with Crippen LogP contribution in [0.2, 0.25) is 0 Å². The van der Waals surface area contributed by atoms with E-state index < -0.39 is 29.1 Å². The van der Waals surface area contributed by atoms with Crippen LogP contribution in [0.4, 0.5) is 5.69 Å². The van der Waals surface area contributed by atoms with Crippen molar-refractivity contribution in [1.29, 1.82) is 0 Å². The summed E-state index contributed by atoms with van der Waals surface area (Å²) in [4.78, 5) is 42.7. The fourth-order valence-corrected chi connectivity index (χ4v) is 7.06. The monoisotopic (exact) mass is 507 g/mol. The molecule has 0 aliphatic carbocycles. The minimum Gasteiger partial charge on any atom is -0.396 e. The van der Waals surface area contributed by atoms with E-state index in [2.05, 4.69) is 10.6 Å². The van der Waals surface area contributed by atoms with Crippen molar-refractivity contribution in [3.05, 3.63) is 42.5 Å². The van der Waals surface area contributed by atoms with E-state index in [4.69, 9.17) is 9.84 Å². The lowest BCUT2D eigenvalue weighted by molar-refractivity contribution is -0.146. The zero-order valence-electron chi connectivity index (χ0n) is 21.8. The number of hydrogen-bond donors (Lipinski definition) is 3. The number of carbonyl (C=O) groups excluding carboxylic acids is 3. The lowest BCUT2D eigenvalue weighted by atomic mass is 9.62. The summed E-state index contributed by atoms with van der Waals surface area (Å²) in [7, 11) is 1.58. The van der Waals surface area contributed by atoms with Crippen LogP contribution in [0, 0.1) is 17.8 Å². The molecule has 0 saturated carbocycles. The summed E-state index contributed by atoms with van der Waals surface area (Å²) < 4.78 is 6.69. The number of anilines is 1. The number of unbranched alkanes of at least 4 members (excludes halogenated alkanes) is 3. The minimum absolute atomic E-state index is 0.0133. The second-order valence-corrected chi connectivity index (χ2v) is 11.0. The van der Waals surface area contributed by atoms with Gasteiger partial charge in [0, 0.05) is 25.9 Å². The van der Waals surface area contributed by atoms with Gasteiger partial charge in [0.25, 0.3) is 0 Å². The predicted molar refractivity (Wildman–Crippen MR) is 141 cm³/mol. The molecular weight excluding hydrogens is 470 g/mol. The van der Waals surface area contributed by atoms with Gasteiger partial charge in [0.05, 0.1) is 17.4 Å². The highest BCUT2D eigenvalue weighted by atomic mass is 16.5. The third kappa shape index (κ3) is 4.01. The number of rotatable bonds is 9. The lowest BCUT2D eigenvalue weighted by Gasteiger charge is -2.36. The Morgan fingerprint density at radius 1 is 1.08 bits per heavy atom. The van der Waals surface area contributed by atoms with Gasteiger partial charge >= 0.3 is 0 Å². The number of amides is 3. The van der Waals surface area contributed by atoms with Crippen LogP contribution in [0.15, 0.2) is 42.5 Å². The van der Waals surface area contributed by atoms with Crippen LogP contribution < -0.4 is 10.6 Å². The van der Waals surface area contributed by atoms with E-state index >= 15 is 0 Å². The number of aliphatic hydroxyl groups excluding tert-OH is 1. The number of carbonyl (C=O) groups is 3. The maximum atomic E-state index is 14.0. The molecule has 3 fully saturated rings. The largest absolute Gasteiger partial charge is 0.396 e. The van der Waals surface area contributed by atoms with Crippen molar-refractivity contribution >= 4 is 34.2 Å². The van der Waals surface area contributed by atoms with Crippen LogP contribution in [0.25, 0.3) is 10.8 Å². The number of ether oxygens (including phenoxy) is 1. The molecule has 198 valence electrons. The van der Waals surface area contributed by atoms with E-state index in [-0.39, 0.29) is 30.2 Å². The third-order valence-electron chi connectivity index (χ3n) is 8.92. The van der Waals surface area contributed by atoms with Crippen molar-refractivity contribution in [1.82, 2.24) is 10.2 Å². The van der Waals surface area contributed by atoms with Crippen LogP contribution in [-0.4, -0.2) is 65.2 Å². The smallest absolute Gasteiger partial charge is 0.250 e. The van der Waals surface area contributed by atoms with Gasteiger partial charge in [-0.25, -0.2) is 0 Å². The molecule has 3 amide bonds. The predicted octanol–water partition coefficient (Wildman–Crippen LogP) is 3.09. The molecule has 6 atom stereocenters. The van der Waals surface area contributed by atoms with E-state index in [0.29, 0.717) is 31.5 Å². The summed E-state index contributed by atoms with van der Waals surface area (Å²) >= 11 is 0. The first-order chi connectivity index (χ1) is 17.8. The SMILES string of the molecule is CNC(=O)[C@H]1[C@H]2C(=O)N(CCCCCCO)C(C(=O)Nc3ccc4ccccc4c3)C23CC(C)[C@]1(C)O3. The zero-order valence-corrected chi connectivity index (χ0v) is 21.8. The molecule has 1 spiro atoms. The molecule has 5 rings (SSSR count). The Morgan fingerprint density at radius 3 is 2.54 bits per heavy atom. The molecule has 2 aromatic carbocycles. The molecule has 8 heteroatoms. The van der Waals surface area contributed by atoms with E-state index in [1.807, 2.05) is 56.3 Å². The highest BCUT2D eigenvalue weighted by molar-refractivity contribution is 6.04. The van der Waals surface area contributed by atoms with Gasteiger partial charge in [-0.1, -0.05) is 50.1 Å². The fourth-order valence-electron chi connectivity index (χ4n) is 7.06. The van der Waals surface area contributed by atoms with Gasteiger partial charge < -0.3 is 25.4 Å². The highest BCUT2D eigenvalue weighted by Crippen LogP contribution is 2.65. The highest BCUT2D eigenvalue weighted by Gasteiger charge is 2.79. The third-order valence-corrected chi connectivity index (χ3v) is 8.92. The number of nitrogens with one attached hydrogen (secondary N) is 2. The second-order valence-electron chi connectivity index (χ2n) is 11.0. The topological polar surface area (TPSA) is 108 Å². The first-order valence-electron chi connectivity index (χ1n) is 13.4. The molecule has 3 unspecified atom stereocenters. The molecule has 2 bridgehead atoms. The zero-order chi connectivity index (χ0) is 26.4. The molecule has 3 saturated heterocycles. The summed E-state index contributed by atoms with van der Waals surface area (Å²) in [6, 6.07) is 12.9. The summed E-state index contributed by atoms with van der Waals surface area (Å²) in [6.45, 7) is 4.51. The van der Waals surface area contributed by atoms with Crippen LogP contribution in [0.5, 0.6) is 0 Å². The van der Waals surface area contributed by atoms with Gasteiger partial charge in [0.15, 0.2) is 0 Å². The van der Waals surface area contributed by atoms with Gasteiger partial charge in [-0.15, -0.1) is 0 Å². The Kier molecular flexibility index (Phi) is 6.75. The Bertz CT molecular complexity index is 1220. The number of likely N-dealkylation sites (tertiary alicyclic amines) is 1. The summed E-state index contributed by atoms with van der Waals surface area (Å²) in [5, 5.41) is 17.0. The van der Waals surface area contributed by atoms with Crippen LogP contribution in [-0.2, 0) is 19.1 Å². The molecule has 37 heavy (non-hydrogen) atoms. The fraction of sp³-hybridized carbons (Fsp3) is 0.552. The lowest BCUT2D eigenvalue weighted by Crippen LogP contribution is -2.54. The number of benzene rings is 2. The van der Waals surface area contributed by atoms with Crippen molar-refractivity contribution in [2.75, 3.05) is 25.5 Å². The minimum atomic E-state index is -1.05. The number of hydrogen-bond acceptors (Lipinski definition) is 5. The van der Waals surface area contributed by atoms with Crippen molar-refractivity contribution in [2.24, 2.45) is 17.8 Å². The molecule has 2 aromatic rings. The Balaban J connectivity index is 1.48. The quantitative estimate of drug-likeness (QED) is 0.452. The van der Waals surface area contributed by atoms with E-state index in [1.54, 1.807) is 11.9 Å². The summed E-state index contributed by atoms with van der Waals surface area (Å²) in [6.07, 6.45) is 3.67. The van der Waals surface area contributed by atoms with Gasteiger partial charge in [-0.3, -0.25) is 14.4 Å². The number of fused-ring (bicyclic) bond motifs is 2. The average molecular weight is 508 g/mol. The maximum absolute atomic E-state index is 14.0. The Hall–Kier alpha value is -2.97. The number of nitrogens with zero attached hydrogens (tertiary/aromatic N) is 1. The molecule has 3 N–H and O–H groups in total. The van der Waals surface area contributed by atoms with Crippen molar-refractivity contribution in [2.45, 2.75) is 63.2 Å². The van der Waals surface area contributed by atoms with E-state index in [1.165, 1.54) is 0 Å². The van der Waals surface area contributed by atoms with Gasteiger partial charge in [0.1, 0.15) is 11.6 Å². The normalized spacial score (nSPS) is 32.1. The van der Waals surface area contributed by atoms with Crippen molar-refractivity contribution in [3.8, 4) is 0 Å². The molecule has 3 aliphatic rings. The van der Waals surface area contributed by atoms with Crippen molar-refractivity contribution in [3.63, 3.8) is 0 Å². The second kappa shape index (κ2) is 9.72. The molecule has 3 heterocycles. The van der Waals surface area contributed by atoms with Gasteiger partial charge in [0.2, 0.25) is 17.7 Å². The molecule has 0 aromatic heterocycles. The van der Waals surface area contributed by atoms with Crippen LogP contribution in [0.1, 0.15) is 46.0 Å². The number of aliphatic hydroxyl groups is 1. The van der Waals surface area contributed by atoms with E-state index in [9.17, 15) is 14.4 Å². The maximum Gasteiger partial charge on any atom is 0.250 e. The first kappa shape index (κ1) is 25.7. The average Bonchev–Trinajstić information content (AvgIpc) is 3.40. The first-order valence-corrected chi connectivity index (χ1v) is 13.4.